The number of nitrogens with one attached hydrogen (secondary N) is 1. The number of hydrogen-bond acceptors (Lipinski definition) is 3. The third-order valence-corrected chi connectivity index (χ3v) is 4.21. The molecule has 2 heterocycles. The van der Waals surface area contributed by atoms with E-state index < -0.39 is 0 Å². The molecule has 0 aliphatic carbocycles. The van der Waals surface area contributed by atoms with Gasteiger partial charge in [0.2, 0.25) is 0 Å². The molecular formula is C13H20N2OS. The first kappa shape index (κ1) is 12.6. The lowest BCUT2D eigenvalue weighted by Gasteiger charge is -2.34. The van der Waals surface area contributed by atoms with Crippen LogP contribution in [0.25, 0.3) is 0 Å². The molecule has 0 unspecified atom stereocenters. The number of rotatable bonds is 3. The normalized spacial score (nSPS) is 18.5. The number of likely N-dealkylation sites (tertiary alicyclic amines) is 1. The van der Waals surface area contributed by atoms with Gasteiger partial charge in [0, 0.05) is 25.2 Å². The van der Waals surface area contributed by atoms with Gasteiger partial charge in [-0.1, -0.05) is 6.07 Å². The van der Waals surface area contributed by atoms with Crippen molar-refractivity contribution in [3.63, 3.8) is 0 Å². The maximum absolute atomic E-state index is 11.9. The monoisotopic (exact) mass is 252 g/mol. The minimum Gasteiger partial charge on any atom is -0.349 e. The zero-order valence-electron chi connectivity index (χ0n) is 10.5. The Morgan fingerprint density at radius 1 is 1.47 bits per heavy atom. The van der Waals surface area contributed by atoms with Gasteiger partial charge in [-0.3, -0.25) is 4.79 Å². The summed E-state index contributed by atoms with van der Waals surface area (Å²) in [6.45, 7) is 6.63. The Kier molecular flexibility index (Phi) is 4.18. The summed E-state index contributed by atoms with van der Waals surface area (Å²) in [4.78, 5) is 15.2. The van der Waals surface area contributed by atoms with Gasteiger partial charge < -0.3 is 10.2 Å². The van der Waals surface area contributed by atoms with Gasteiger partial charge >= 0.3 is 0 Å². The molecule has 2 rings (SSSR count). The van der Waals surface area contributed by atoms with Gasteiger partial charge in [-0.15, -0.1) is 11.3 Å². The van der Waals surface area contributed by atoms with E-state index in [0.29, 0.717) is 12.1 Å². The standard InChI is InChI=1S/C13H20N2OS/c1-10(2)15-7-5-11(6-8-15)14-13(16)12-4-3-9-17-12/h3-4,9-11H,5-8H2,1-2H3,(H,14,16). The first-order valence-electron chi connectivity index (χ1n) is 6.25. The molecule has 1 aromatic rings. The van der Waals surface area contributed by atoms with Crippen molar-refractivity contribution in [1.29, 1.82) is 0 Å². The quantitative estimate of drug-likeness (QED) is 0.895. The number of amides is 1. The fourth-order valence-electron chi connectivity index (χ4n) is 2.22. The minimum atomic E-state index is 0.0861. The molecule has 1 aliphatic heterocycles. The molecule has 1 fully saturated rings. The number of thiophene rings is 1. The van der Waals surface area contributed by atoms with E-state index in [2.05, 4.69) is 24.1 Å². The second-order valence-corrected chi connectivity index (χ2v) is 5.80. The average Bonchev–Trinajstić information content (AvgIpc) is 2.83. The molecule has 0 bridgehead atoms. The largest absolute Gasteiger partial charge is 0.349 e. The molecule has 0 saturated carbocycles. The van der Waals surface area contributed by atoms with Gasteiger partial charge in [-0.25, -0.2) is 0 Å². The third-order valence-electron chi connectivity index (χ3n) is 3.34. The number of hydrogen-bond donors (Lipinski definition) is 1. The van der Waals surface area contributed by atoms with Gasteiger partial charge in [-0.05, 0) is 38.1 Å². The van der Waals surface area contributed by atoms with E-state index in [1.165, 1.54) is 11.3 Å². The molecule has 1 aliphatic rings. The predicted molar refractivity (Wildman–Crippen MR) is 71.5 cm³/mol. The predicted octanol–water partition coefficient (Wildman–Crippen LogP) is 2.35. The minimum absolute atomic E-state index is 0.0861. The van der Waals surface area contributed by atoms with Crippen molar-refractivity contribution >= 4 is 17.2 Å². The van der Waals surface area contributed by atoms with Crippen molar-refractivity contribution in [2.24, 2.45) is 0 Å². The van der Waals surface area contributed by atoms with Gasteiger partial charge in [0.15, 0.2) is 0 Å². The first-order valence-corrected chi connectivity index (χ1v) is 7.13. The lowest BCUT2D eigenvalue weighted by atomic mass is 10.0. The Hall–Kier alpha value is -0.870. The van der Waals surface area contributed by atoms with Gasteiger partial charge in [0.1, 0.15) is 0 Å². The van der Waals surface area contributed by atoms with Crippen LogP contribution in [0.3, 0.4) is 0 Å². The first-order chi connectivity index (χ1) is 8.16. The van der Waals surface area contributed by atoms with Crippen LogP contribution in [0.15, 0.2) is 17.5 Å². The number of nitrogens with zero attached hydrogens (tertiary/aromatic N) is 1. The van der Waals surface area contributed by atoms with Crippen molar-refractivity contribution in [3.8, 4) is 0 Å². The SMILES string of the molecule is CC(C)N1CCC(NC(=O)c2cccs2)CC1. The highest BCUT2D eigenvalue weighted by molar-refractivity contribution is 7.12. The third kappa shape index (κ3) is 3.30. The number of carbonyl (C=O) groups excluding carboxylic acids is 1. The van der Waals surface area contributed by atoms with Crippen molar-refractivity contribution in [3.05, 3.63) is 22.4 Å². The summed E-state index contributed by atoms with van der Waals surface area (Å²) in [5, 5.41) is 5.07. The van der Waals surface area contributed by atoms with Crippen molar-refractivity contribution < 1.29 is 4.79 Å². The zero-order chi connectivity index (χ0) is 12.3. The molecule has 0 radical (unpaired) electrons. The summed E-state index contributed by atoms with van der Waals surface area (Å²) in [6.07, 6.45) is 2.13. The van der Waals surface area contributed by atoms with E-state index in [9.17, 15) is 4.79 Å². The van der Waals surface area contributed by atoms with Gasteiger partial charge in [-0.2, -0.15) is 0 Å². The molecular weight excluding hydrogens is 232 g/mol. The Bertz CT molecular complexity index is 354. The molecule has 1 N–H and O–H groups in total. The van der Waals surface area contributed by atoms with E-state index >= 15 is 0 Å². The zero-order valence-corrected chi connectivity index (χ0v) is 11.3. The number of piperidine rings is 1. The molecule has 17 heavy (non-hydrogen) atoms. The highest BCUT2D eigenvalue weighted by Crippen LogP contribution is 2.14. The lowest BCUT2D eigenvalue weighted by molar-refractivity contribution is 0.0904. The molecule has 0 spiro atoms. The molecule has 94 valence electrons. The average molecular weight is 252 g/mol. The maximum atomic E-state index is 11.9. The fourth-order valence-corrected chi connectivity index (χ4v) is 2.85. The van der Waals surface area contributed by atoms with Crippen LogP contribution in [0.1, 0.15) is 36.4 Å². The molecule has 4 heteroatoms. The van der Waals surface area contributed by atoms with E-state index in [1.807, 2.05) is 17.5 Å². The van der Waals surface area contributed by atoms with Gasteiger partial charge in [0.05, 0.1) is 4.88 Å². The van der Waals surface area contributed by atoms with Crippen LogP contribution in [0.4, 0.5) is 0 Å². The van der Waals surface area contributed by atoms with Crippen LogP contribution in [0.5, 0.6) is 0 Å². The Morgan fingerprint density at radius 3 is 2.71 bits per heavy atom. The molecule has 1 amide bonds. The van der Waals surface area contributed by atoms with E-state index in [4.69, 9.17) is 0 Å². The van der Waals surface area contributed by atoms with Crippen molar-refractivity contribution in [1.82, 2.24) is 10.2 Å². The Labute approximate surface area is 107 Å². The molecule has 0 atom stereocenters. The maximum Gasteiger partial charge on any atom is 0.261 e. The molecule has 1 saturated heterocycles. The Morgan fingerprint density at radius 2 is 2.18 bits per heavy atom. The molecule has 0 aromatic carbocycles. The van der Waals surface area contributed by atoms with Crippen molar-refractivity contribution in [2.75, 3.05) is 13.1 Å². The van der Waals surface area contributed by atoms with Crippen molar-refractivity contribution in [2.45, 2.75) is 38.8 Å². The summed E-state index contributed by atoms with van der Waals surface area (Å²) < 4.78 is 0. The van der Waals surface area contributed by atoms with Crippen LogP contribution in [0.2, 0.25) is 0 Å². The molecule has 1 aromatic heterocycles. The summed E-state index contributed by atoms with van der Waals surface area (Å²) in [7, 11) is 0. The van der Waals surface area contributed by atoms with Gasteiger partial charge in [0.25, 0.3) is 5.91 Å². The Balaban J connectivity index is 1.80. The summed E-state index contributed by atoms with van der Waals surface area (Å²) in [6, 6.07) is 4.76. The van der Waals surface area contributed by atoms with E-state index in [-0.39, 0.29) is 5.91 Å². The summed E-state index contributed by atoms with van der Waals surface area (Å²) in [5.74, 6) is 0.0861. The van der Waals surface area contributed by atoms with Crippen LogP contribution < -0.4 is 5.32 Å². The molecule has 3 nitrogen and oxygen atoms in total. The van der Waals surface area contributed by atoms with Crippen LogP contribution in [-0.4, -0.2) is 36.0 Å². The van der Waals surface area contributed by atoms with Crippen LogP contribution in [0, 0.1) is 0 Å². The van der Waals surface area contributed by atoms with E-state index in [1.54, 1.807) is 0 Å². The number of carbonyl (C=O) groups is 1. The van der Waals surface area contributed by atoms with Crippen LogP contribution in [-0.2, 0) is 0 Å². The highest BCUT2D eigenvalue weighted by atomic mass is 32.1. The fraction of sp³-hybridized carbons (Fsp3) is 0.615. The second-order valence-electron chi connectivity index (χ2n) is 4.85. The highest BCUT2D eigenvalue weighted by Gasteiger charge is 2.22. The summed E-state index contributed by atoms with van der Waals surface area (Å²) in [5.41, 5.74) is 0. The topological polar surface area (TPSA) is 32.3 Å². The van der Waals surface area contributed by atoms with Crippen LogP contribution >= 0.6 is 11.3 Å². The van der Waals surface area contributed by atoms with E-state index in [0.717, 1.165) is 30.8 Å². The second kappa shape index (κ2) is 5.65. The lowest BCUT2D eigenvalue weighted by Crippen LogP contribution is -2.46. The summed E-state index contributed by atoms with van der Waals surface area (Å²) >= 11 is 1.50. The smallest absolute Gasteiger partial charge is 0.261 e.